The Labute approximate surface area is 263 Å². The number of aromatic nitrogens is 3. The maximum Gasteiger partial charge on any atom is 0.141 e. The molecule has 0 aliphatic carbocycles. The molecule has 226 valence electrons. The zero-order valence-electron chi connectivity index (χ0n) is 27.4. The largest absolute Gasteiger partial charge is 0.279 e. The lowest BCUT2D eigenvalue weighted by molar-refractivity contribution is 0.820. The monoisotopic (exact) mass is 583 g/mol. The van der Waals surface area contributed by atoms with Crippen molar-refractivity contribution >= 4 is 34.6 Å². The smallest absolute Gasteiger partial charge is 0.141 e. The predicted octanol–water partition coefficient (Wildman–Crippen LogP) is 11.3. The first-order valence-electron chi connectivity index (χ1n) is 15.8. The summed E-state index contributed by atoms with van der Waals surface area (Å²) in [5, 5.41) is 0. The maximum absolute atomic E-state index is 5.35. The zero-order valence-corrected chi connectivity index (χ0v) is 27.4. The van der Waals surface area contributed by atoms with E-state index < -0.39 is 0 Å². The van der Waals surface area contributed by atoms with Gasteiger partial charge in [-0.05, 0) is 95.5 Å². The Morgan fingerprint density at radius 1 is 0.386 bits per heavy atom. The van der Waals surface area contributed by atoms with E-state index in [9.17, 15) is 0 Å². The van der Waals surface area contributed by atoms with Crippen LogP contribution in [0, 0.1) is 0 Å². The molecule has 0 aliphatic heterocycles. The van der Waals surface area contributed by atoms with Crippen LogP contribution >= 0.6 is 0 Å². The third kappa shape index (κ3) is 6.83. The molecule has 0 radical (unpaired) electrons. The number of nitrogens with zero attached hydrogens (tertiary/aromatic N) is 5. The van der Waals surface area contributed by atoms with Gasteiger partial charge in [0.1, 0.15) is 23.3 Å². The molecule has 0 amide bonds. The molecule has 5 heteroatoms. The quantitative estimate of drug-likeness (QED) is 0.164. The SMILES string of the molecule is CC(C)c1cccc(N(c2cccc(C(C)C)n2)c2cccc(N(c3cccc(C(C)C)c3)c3cccc(C(C)C)n3)n2)c1. The summed E-state index contributed by atoms with van der Waals surface area (Å²) in [5.41, 5.74) is 6.69. The van der Waals surface area contributed by atoms with E-state index in [0.717, 1.165) is 46.0 Å². The Bertz CT molecular complexity index is 1480. The number of benzene rings is 2. The van der Waals surface area contributed by atoms with Crippen molar-refractivity contribution in [1.82, 2.24) is 15.0 Å². The second-order valence-electron chi connectivity index (χ2n) is 12.7. The number of anilines is 6. The molecule has 5 nitrogen and oxygen atoms in total. The lowest BCUT2D eigenvalue weighted by atomic mass is 10.0. The van der Waals surface area contributed by atoms with Crippen molar-refractivity contribution in [3.8, 4) is 0 Å². The standard InChI is InChI=1S/C39H45N5/c1-26(2)30-14-9-16-32(24-30)43(36-20-11-18-34(40-36)28(5)6)38-22-13-23-39(42-38)44(33-17-10-15-31(25-33)27(3)4)37-21-12-19-35(41-37)29(7)8/h9-29H,1-8H3. The fourth-order valence-electron chi connectivity index (χ4n) is 5.24. The summed E-state index contributed by atoms with van der Waals surface area (Å²) in [7, 11) is 0. The van der Waals surface area contributed by atoms with E-state index in [2.05, 4.69) is 168 Å². The second kappa shape index (κ2) is 13.4. The Morgan fingerprint density at radius 3 is 1.09 bits per heavy atom. The van der Waals surface area contributed by atoms with Gasteiger partial charge >= 0.3 is 0 Å². The van der Waals surface area contributed by atoms with Crippen LogP contribution in [0.15, 0.2) is 103 Å². The van der Waals surface area contributed by atoms with E-state index in [1.54, 1.807) is 0 Å². The molecule has 0 atom stereocenters. The summed E-state index contributed by atoms with van der Waals surface area (Å²) < 4.78 is 0. The van der Waals surface area contributed by atoms with Crippen molar-refractivity contribution < 1.29 is 0 Å². The van der Waals surface area contributed by atoms with Crippen LogP contribution in [0.5, 0.6) is 0 Å². The third-order valence-electron chi connectivity index (χ3n) is 7.92. The van der Waals surface area contributed by atoms with Gasteiger partial charge in [0.25, 0.3) is 0 Å². The highest BCUT2D eigenvalue weighted by molar-refractivity contribution is 5.77. The molecule has 0 bridgehead atoms. The minimum Gasteiger partial charge on any atom is -0.279 e. The van der Waals surface area contributed by atoms with E-state index in [0.29, 0.717) is 23.7 Å². The summed E-state index contributed by atoms with van der Waals surface area (Å²) in [6.07, 6.45) is 0. The van der Waals surface area contributed by atoms with Gasteiger partial charge in [0.15, 0.2) is 0 Å². The number of hydrogen-bond acceptors (Lipinski definition) is 5. The van der Waals surface area contributed by atoms with Gasteiger partial charge in [-0.25, -0.2) is 15.0 Å². The highest BCUT2D eigenvalue weighted by Gasteiger charge is 2.21. The number of pyridine rings is 3. The van der Waals surface area contributed by atoms with E-state index >= 15 is 0 Å². The molecule has 0 saturated carbocycles. The zero-order chi connectivity index (χ0) is 31.4. The van der Waals surface area contributed by atoms with Crippen LogP contribution in [-0.4, -0.2) is 15.0 Å². The summed E-state index contributed by atoms with van der Waals surface area (Å²) in [4.78, 5) is 19.9. The van der Waals surface area contributed by atoms with Gasteiger partial charge in [0.2, 0.25) is 0 Å². The third-order valence-corrected chi connectivity index (χ3v) is 7.92. The molecule has 5 rings (SSSR count). The summed E-state index contributed by atoms with van der Waals surface area (Å²) in [6.45, 7) is 17.6. The van der Waals surface area contributed by atoms with Crippen molar-refractivity contribution in [3.63, 3.8) is 0 Å². The predicted molar refractivity (Wildman–Crippen MR) is 186 cm³/mol. The van der Waals surface area contributed by atoms with Crippen LogP contribution in [0.25, 0.3) is 0 Å². The minimum atomic E-state index is 0.307. The van der Waals surface area contributed by atoms with Crippen molar-refractivity contribution in [2.75, 3.05) is 9.80 Å². The molecule has 0 aliphatic rings. The number of rotatable bonds is 10. The molecular formula is C39H45N5. The molecule has 0 saturated heterocycles. The average Bonchev–Trinajstić information content (AvgIpc) is 3.02. The van der Waals surface area contributed by atoms with Crippen LogP contribution < -0.4 is 9.80 Å². The molecule has 0 fully saturated rings. The highest BCUT2D eigenvalue weighted by atomic mass is 15.3. The average molecular weight is 584 g/mol. The minimum absolute atomic E-state index is 0.307. The van der Waals surface area contributed by atoms with E-state index in [4.69, 9.17) is 15.0 Å². The summed E-state index contributed by atoms with van der Waals surface area (Å²) >= 11 is 0. The normalized spacial score (nSPS) is 11.5. The van der Waals surface area contributed by atoms with Gasteiger partial charge in [0, 0.05) is 22.8 Å². The van der Waals surface area contributed by atoms with Crippen LogP contribution in [0.3, 0.4) is 0 Å². The molecule has 0 N–H and O–H groups in total. The van der Waals surface area contributed by atoms with E-state index in [1.807, 2.05) is 0 Å². The fraction of sp³-hybridized carbons (Fsp3) is 0.308. The van der Waals surface area contributed by atoms with Gasteiger partial charge in [-0.2, -0.15) is 0 Å². The molecule has 2 aromatic carbocycles. The van der Waals surface area contributed by atoms with Crippen molar-refractivity contribution in [1.29, 1.82) is 0 Å². The Kier molecular flexibility index (Phi) is 9.43. The molecule has 5 aromatic rings. The van der Waals surface area contributed by atoms with Gasteiger partial charge in [-0.15, -0.1) is 0 Å². The Balaban J connectivity index is 1.71. The highest BCUT2D eigenvalue weighted by Crippen LogP contribution is 2.39. The van der Waals surface area contributed by atoms with E-state index in [-0.39, 0.29) is 0 Å². The lowest BCUT2D eigenvalue weighted by Crippen LogP contribution is -2.18. The molecule has 3 heterocycles. The molecule has 3 aromatic heterocycles. The van der Waals surface area contributed by atoms with Gasteiger partial charge < -0.3 is 0 Å². The second-order valence-corrected chi connectivity index (χ2v) is 12.7. The fourth-order valence-corrected chi connectivity index (χ4v) is 5.24. The van der Waals surface area contributed by atoms with Crippen molar-refractivity contribution in [3.05, 3.63) is 126 Å². The van der Waals surface area contributed by atoms with Crippen molar-refractivity contribution in [2.24, 2.45) is 0 Å². The summed E-state index contributed by atoms with van der Waals surface area (Å²) in [6, 6.07) is 36.1. The number of hydrogen-bond donors (Lipinski definition) is 0. The molecular weight excluding hydrogens is 538 g/mol. The van der Waals surface area contributed by atoms with Gasteiger partial charge in [0.05, 0.1) is 0 Å². The first-order chi connectivity index (χ1) is 21.1. The lowest BCUT2D eigenvalue weighted by Gasteiger charge is -2.28. The van der Waals surface area contributed by atoms with Gasteiger partial charge in [-0.3, -0.25) is 9.80 Å². The maximum atomic E-state index is 5.35. The Morgan fingerprint density at radius 2 is 0.727 bits per heavy atom. The van der Waals surface area contributed by atoms with E-state index in [1.165, 1.54) is 11.1 Å². The molecule has 0 spiro atoms. The first-order valence-corrected chi connectivity index (χ1v) is 15.8. The van der Waals surface area contributed by atoms with Crippen LogP contribution in [0.1, 0.15) is 102 Å². The summed E-state index contributed by atoms with van der Waals surface area (Å²) in [5.74, 6) is 4.68. The van der Waals surface area contributed by atoms with Crippen LogP contribution in [0.4, 0.5) is 34.6 Å². The molecule has 0 unspecified atom stereocenters. The van der Waals surface area contributed by atoms with Crippen LogP contribution in [0.2, 0.25) is 0 Å². The van der Waals surface area contributed by atoms with Gasteiger partial charge in [-0.1, -0.05) is 97.9 Å². The van der Waals surface area contributed by atoms with Crippen molar-refractivity contribution in [2.45, 2.75) is 79.1 Å². The Hall–Kier alpha value is -4.51. The topological polar surface area (TPSA) is 45.2 Å². The molecule has 44 heavy (non-hydrogen) atoms. The first kappa shape index (κ1) is 30.9. The van der Waals surface area contributed by atoms with Crippen LogP contribution in [-0.2, 0) is 0 Å².